The zero-order valence-electron chi connectivity index (χ0n) is 34.6. The molecular formula is C50H55O5P. The maximum Gasteiger partial charge on any atom is 0.139 e. The number of methoxy groups -OCH3 is 2. The van der Waals surface area contributed by atoms with E-state index in [1.165, 1.54) is 5.56 Å². The molecule has 0 saturated heterocycles. The molecule has 0 aliphatic heterocycles. The van der Waals surface area contributed by atoms with Crippen molar-refractivity contribution in [2.24, 2.45) is 0 Å². The molecule has 6 heteroatoms. The van der Waals surface area contributed by atoms with Crippen LogP contribution in [0, 0.1) is 0 Å². The molecule has 0 heterocycles. The fourth-order valence-corrected chi connectivity index (χ4v) is 7.89. The Morgan fingerprint density at radius 3 is 1.30 bits per heavy atom. The Hall–Kier alpha value is -5.25. The first-order chi connectivity index (χ1) is 26.5. The van der Waals surface area contributed by atoms with Crippen LogP contribution in [0.1, 0.15) is 79.0 Å². The lowest BCUT2D eigenvalue weighted by Gasteiger charge is -2.26. The van der Waals surface area contributed by atoms with Crippen molar-refractivity contribution in [3.63, 3.8) is 0 Å². The molecule has 1 atom stereocenters. The highest BCUT2D eigenvalue weighted by atomic mass is 31.1. The second-order valence-corrected chi connectivity index (χ2v) is 18.6. The summed E-state index contributed by atoms with van der Waals surface area (Å²) in [6.07, 6.45) is 0. The normalized spacial score (nSPS) is 12.2. The van der Waals surface area contributed by atoms with Crippen LogP contribution in [0.15, 0.2) is 121 Å². The van der Waals surface area contributed by atoms with E-state index in [0.717, 1.165) is 27.3 Å². The van der Waals surface area contributed by atoms with E-state index < -0.39 is 0 Å². The monoisotopic (exact) mass is 766 g/mol. The van der Waals surface area contributed by atoms with Crippen LogP contribution in [-0.4, -0.2) is 19.3 Å². The van der Waals surface area contributed by atoms with Gasteiger partial charge in [-0.1, -0.05) is 138 Å². The average Bonchev–Trinajstić information content (AvgIpc) is 3.15. The lowest BCUT2D eigenvalue weighted by atomic mass is 9.84. The fraction of sp³-hybridized carbons (Fsp3) is 0.280. The summed E-state index contributed by atoms with van der Waals surface area (Å²) in [7, 11) is 3.32. The minimum absolute atomic E-state index is 0.00611. The van der Waals surface area contributed by atoms with E-state index in [1.807, 2.05) is 66.7 Å². The molecule has 0 aromatic heterocycles. The van der Waals surface area contributed by atoms with Crippen molar-refractivity contribution < 1.29 is 24.1 Å². The largest absolute Gasteiger partial charge is 0.507 e. The van der Waals surface area contributed by atoms with Crippen LogP contribution in [0.5, 0.6) is 40.2 Å². The molecule has 6 aromatic carbocycles. The van der Waals surface area contributed by atoms with Crippen LogP contribution < -0.4 is 29.6 Å². The summed E-state index contributed by atoms with van der Waals surface area (Å²) < 4.78 is 25.8. The van der Waals surface area contributed by atoms with Crippen molar-refractivity contribution >= 4 is 19.2 Å². The molecule has 1 N–H and O–H groups in total. The van der Waals surface area contributed by atoms with Crippen molar-refractivity contribution in [3.05, 3.63) is 138 Å². The molecular weight excluding hydrogens is 712 g/mol. The van der Waals surface area contributed by atoms with E-state index in [1.54, 1.807) is 14.2 Å². The second-order valence-electron chi connectivity index (χ2n) is 17.3. The van der Waals surface area contributed by atoms with Crippen molar-refractivity contribution in [1.82, 2.24) is 0 Å². The number of aromatic hydroxyl groups is 1. The van der Waals surface area contributed by atoms with E-state index in [4.69, 9.17) is 18.9 Å². The summed E-state index contributed by atoms with van der Waals surface area (Å²) in [4.78, 5) is 0. The van der Waals surface area contributed by atoms with Gasteiger partial charge >= 0.3 is 0 Å². The maximum atomic E-state index is 12.6. The summed E-state index contributed by atoms with van der Waals surface area (Å²) in [5.41, 5.74) is 5.89. The van der Waals surface area contributed by atoms with Crippen LogP contribution in [0.25, 0.3) is 22.3 Å². The van der Waals surface area contributed by atoms with Gasteiger partial charge in [-0.25, -0.2) is 0 Å². The van der Waals surface area contributed by atoms with Gasteiger partial charge in [0.2, 0.25) is 0 Å². The summed E-state index contributed by atoms with van der Waals surface area (Å²) in [5, 5.41) is 14.4. The van der Waals surface area contributed by atoms with Gasteiger partial charge in [-0.15, -0.1) is 0 Å². The zero-order valence-corrected chi connectivity index (χ0v) is 35.6. The van der Waals surface area contributed by atoms with Gasteiger partial charge in [0.25, 0.3) is 0 Å². The predicted molar refractivity (Wildman–Crippen MR) is 235 cm³/mol. The molecule has 6 rings (SSSR count). The van der Waals surface area contributed by atoms with E-state index in [0.29, 0.717) is 51.2 Å². The SMILES string of the molecule is COc1cc(C(C)(C)C)cc(OC)c1-c1c(Pc2c(Oc3ccccc3)cc(C(C)(C)C)cc2Oc2ccccc2)ccc(-c2ccc(C(C)(C)C)cc2)c1O. The number of hydrogen-bond acceptors (Lipinski definition) is 5. The first kappa shape index (κ1) is 40.4. The minimum Gasteiger partial charge on any atom is -0.507 e. The number of para-hydroxylation sites is 2. The Bertz CT molecular complexity index is 2210. The van der Waals surface area contributed by atoms with Gasteiger partial charge in [0.05, 0.1) is 25.1 Å². The molecule has 1 unspecified atom stereocenters. The molecule has 290 valence electrons. The van der Waals surface area contributed by atoms with E-state index >= 15 is 0 Å². The molecule has 0 radical (unpaired) electrons. The fourth-order valence-electron chi connectivity index (χ4n) is 6.60. The summed E-state index contributed by atoms with van der Waals surface area (Å²) in [6, 6.07) is 40.6. The third kappa shape index (κ3) is 8.90. The smallest absolute Gasteiger partial charge is 0.139 e. The van der Waals surface area contributed by atoms with Gasteiger partial charge < -0.3 is 24.1 Å². The summed E-state index contributed by atoms with van der Waals surface area (Å²) in [6.45, 7) is 19.7. The molecule has 0 bridgehead atoms. The second kappa shape index (κ2) is 16.1. The first-order valence-corrected chi connectivity index (χ1v) is 20.1. The Balaban J connectivity index is 1.65. The highest BCUT2D eigenvalue weighted by molar-refractivity contribution is 7.56. The standard InChI is InChI=1S/C50H55O5P/c1-48(2,3)33-24-22-32(23-25-33)38-26-27-43(45(46(38)51)44-39(52-10)28-34(49(4,5)6)29-40(44)53-11)56-47-41(54-36-18-14-12-15-19-36)30-35(50(7,8)9)31-42(47)55-37-20-16-13-17-21-37/h12-31,51,56H,1-11H3. The summed E-state index contributed by atoms with van der Waals surface area (Å²) in [5.74, 6) is 4.16. The van der Waals surface area contributed by atoms with Crippen molar-refractivity contribution in [2.45, 2.75) is 78.6 Å². The van der Waals surface area contributed by atoms with Gasteiger partial charge in [0.15, 0.2) is 0 Å². The molecule has 0 aliphatic rings. The molecule has 5 nitrogen and oxygen atoms in total. The van der Waals surface area contributed by atoms with Crippen molar-refractivity contribution in [1.29, 1.82) is 0 Å². The van der Waals surface area contributed by atoms with Gasteiger partial charge in [-0.2, -0.15) is 0 Å². The zero-order chi connectivity index (χ0) is 40.4. The third-order valence-corrected chi connectivity index (χ3v) is 11.4. The van der Waals surface area contributed by atoms with Crippen LogP contribution >= 0.6 is 8.58 Å². The predicted octanol–water partition coefficient (Wildman–Crippen LogP) is 12.8. The topological polar surface area (TPSA) is 57.2 Å². The van der Waals surface area contributed by atoms with Crippen LogP contribution in [0.2, 0.25) is 0 Å². The quantitative estimate of drug-likeness (QED) is 0.141. The lowest BCUT2D eigenvalue weighted by molar-refractivity contribution is 0.393. The summed E-state index contributed by atoms with van der Waals surface area (Å²) >= 11 is 0. The Labute approximate surface area is 335 Å². The highest BCUT2D eigenvalue weighted by Gasteiger charge is 2.29. The average molecular weight is 767 g/mol. The van der Waals surface area contributed by atoms with Gasteiger partial charge in [0, 0.05) is 11.1 Å². The Kier molecular flexibility index (Phi) is 11.6. The van der Waals surface area contributed by atoms with Gasteiger partial charge in [0.1, 0.15) is 40.2 Å². The molecule has 0 amide bonds. The number of rotatable bonds is 10. The molecule has 6 aromatic rings. The number of phenols is 1. The third-order valence-electron chi connectivity index (χ3n) is 10.00. The number of hydrogen-bond donors (Lipinski definition) is 1. The Morgan fingerprint density at radius 2 is 0.893 bits per heavy atom. The van der Waals surface area contributed by atoms with Gasteiger partial charge in [-0.3, -0.25) is 0 Å². The highest BCUT2D eigenvalue weighted by Crippen LogP contribution is 2.49. The van der Waals surface area contributed by atoms with Crippen LogP contribution in [-0.2, 0) is 16.2 Å². The molecule has 0 saturated carbocycles. The molecule has 0 spiro atoms. The Morgan fingerprint density at radius 1 is 0.464 bits per heavy atom. The van der Waals surface area contributed by atoms with Crippen molar-refractivity contribution in [2.75, 3.05) is 14.2 Å². The van der Waals surface area contributed by atoms with Gasteiger partial charge in [-0.05, 0) is 98.4 Å². The number of benzene rings is 6. The maximum absolute atomic E-state index is 12.6. The number of phenolic OH excluding ortho intramolecular Hbond substituents is 1. The molecule has 0 fully saturated rings. The van der Waals surface area contributed by atoms with Crippen LogP contribution in [0.4, 0.5) is 0 Å². The first-order valence-electron chi connectivity index (χ1n) is 19.1. The number of ether oxygens (including phenoxy) is 4. The van der Waals surface area contributed by atoms with E-state index in [2.05, 4.69) is 117 Å². The minimum atomic E-state index is -0.200. The molecule has 56 heavy (non-hydrogen) atoms. The van der Waals surface area contributed by atoms with Crippen molar-refractivity contribution in [3.8, 4) is 62.5 Å². The lowest BCUT2D eigenvalue weighted by Crippen LogP contribution is -2.17. The van der Waals surface area contributed by atoms with Crippen LogP contribution in [0.3, 0.4) is 0 Å². The van der Waals surface area contributed by atoms with E-state index in [-0.39, 0.29) is 30.6 Å². The van der Waals surface area contributed by atoms with E-state index in [9.17, 15) is 5.11 Å². The molecule has 0 aliphatic carbocycles.